The second-order valence-corrected chi connectivity index (χ2v) is 5.56. The number of aliphatic hydroxyl groups is 4. The predicted octanol–water partition coefficient (Wildman–Crippen LogP) is -2.88. The zero-order valence-corrected chi connectivity index (χ0v) is 11.4. The van der Waals surface area contributed by atoms with E-state index in [0.717, 1.165) is 0 Å². The van der Waals surface area contributed by atoms with Crippen LogP contribution >= 0.6 is 0 Å². The van der Waals surface area contributed by atoms with Crippen molar-refractivity contribution in [2.24, 2.45) is 5.41 Å². The molecular weight excluding hydrogens is 304 g/mol. The molecule has 0 radical (unpaired) electrons. The molecule has 10 heteroatoms. The van der Waals surface area contributed by atoms with Gasteiger partial charge in [0.15, 0.2) is 11.7 Å². The van der Waals surface area contributed by atoms with Gasteiger partial charge in [0.1, 0.15) is 24.4 Å². The highest BCUT2D eigenvalue weighted by Crippen LogP contribution is 2.44. The molecule has 1 saturated carbocycles. The summed E-state index contributed by atoms with van der Waals surface area (Å²) in [6.07, 6.45) is -8.72. The van der Waals surface area contributed by atoms with Crippen LogP contribution < -0.4 is 0 Å². The van der Waals surface area contributed by atoms with Crippen molar-refractivity contribution in [2.45, 2.75) is 49.7 Å². The van der Waals surface area contributed by atoms with Crippen molar-refractivity contribution in [1.82, 2.24) is 0 Å². The summed E-state index contributed by atoms with van der Waals surface area (Å²) < 4.78 is 10.4. The second-order valence-electron chi connectivity index (χ2n) is 5.56. The maximum absolute atomic E-state index is 11.0. The van der Waals surface area contributed by atoms with Gasteiger partial charge in [0.05, 0.1) is 12.7 Å². The van der Waals surface area contributed by atoms with Crippen LogP contribution in [0.15, 0.2) is 0 Å². The summed E-state index contributed by atoms with van der Waals surface area (Å²) in [6, 6.07) is 0. The fourth-order valence-corrected chi connectivity index (χ4v) is 2.62. The van der Waals surface area contributed by atoms with E-state index in [0.29, 0.717) is 0 Å². The molecule has 10 nitrogen and oxygen atoms in total. The largest absolute Gasteiger partial charge is 0.480 e. The molecule has 0 bridgehead atoms. The standard InChI is InChI=1S/C12H18O10/c13-3-5-6(14)7(15)8(16)9(22-5)21-4-1-12(2-4,10(17)18)11(19)20/h4-9,13-16H,1-3H2,(H,17,18)(H,19,20)/t5-,6-,7+,8+,9?/m1/s1. The van der Waals surface area contributed by atoms with Gasteiger partial charge in [0.25, 0.3) is 0 Å². The molecule has 1 saturated heterocycles. The number of ether oxygens (including phenoxy) is 2. The van der Waals surface area contributed by atoms with Crippen molar-refractivity contribution in [3.05, 3.63) is 0 Å². The van der Waals surface area contributed by atoms with Crippen molar-refractivity contribution in [1.29, 1.82) is 0 Å². The lowest BCUT2D eigenvalue weighted by molar-refractivity contribution is -0.321. The van der Waals surface area contributed by atoms with E-state index < -0.39 is 60.8 Å². The maximum atomic E-state index is 11.0. The van der Waals surface area contributed by atoms with E-state index in [-0.39, 0.29) is 12.8 Å². The zero-order valence-electron chi connectivity index (χ0n) is 11.4. The van der Waals surface area contributed by atoms with E-state index in [2.05, 4.69) is 0 Å². The number of carbonyl (C=O) groups is 2. The van der Waals surface area contributed by atoms with E-state index in [1.807, 2.05) is 0 Å². The van der Waals surface area contributed by atoms with Crippen molar-refractivity contribution in [3.8, 4) is 0 Å². The number of carboxylic acids is 2. The first kappa shape index (κ1) is 17.1. The zero-order chi connectivity index (χ0) is 16.7. The highest BCUT2D eigenvalue weighted by atomic mass is 16.7. The van der Waals surface area contributed by atoms with Crippen LogP contribution in [0.5, 0.6) is 0 Å². The molecule has 1 aliphatic heterocycles. The van der Waals surface area contributed by atoms with Crippen molar-refractivity contribution in [2.75, 3.05) is 6.61 Å². The summed E-state index contributed by atoms with van der Waals surface area (Å²) in [5, 5.41) is 55.9. The third-order valence-corrected chi connectivity index (χ3v) is 4.15. The van der Waals surface area contributed by atoms with Gasteiger partial charge in [-0.05, 0) is 0 Å². The SMILES string of the molecule is O=C(O)C1(C(=O)O)CC(OC2O[C@H](CO)[C@@H](O)[C@H](O)[C@@H]2O)C1. The van der Waals surface area contributed by atoms with E-state index in [4.69, 9.17) is 24.8 Å². The number of carboxylic acid groups (broad SMARTS) is 2. The summed E-state index contributed by atoms with van der Waals surface area (Å²) in [7, 11) is 0. The van der Waals surface area contributed by atoms with E-state index >= 15 is 0 Å². The molecular formula is C12H18O10. The van der Waals surface area contributed by atoms with Gasteiger partial charge in [-0.25, -0.2) is 0 Å². The Bertz CT molecular complexity index is 427. The lowest BCUT2D eigenvalue weighted by Gasteiger charge is -2.45. The average molecular weight is 322 g/mol. The van der Waals surface area contributed by atoms with Gasteiger partial charge in [0.2, 0.25) is 0 Å². The molecule has 1 heterocycles. The normalized spacial score (nSPS) is 38.3. The molecule has 0 aromatic rings. The number of rotatable bonds is 5. The van der Waals surface area contributed by atoms with Crippen molar-refractivity contribution < 1.29 is 49.7 Å². The Morgan fingerprint density at radius 3 is 2.05 bits per heavy atom. The Morgan fingerprint density at radius 2 is 1.59 bits per heavy atom. The van der Waals surface area contributed by atoms with Gasteiger partial charge < -0.3 is 40.1 Å². The monoisotopic (exact) mass is 322 g/mol. The van der Waals surface area contributed by atoms with E-state index in [1.165, 1.54) is 0 Å². The minimum Gasteiger partial charge on any atom is -0.480 e. The first-order chi connectivity index (χ1) is 10.2. The van der Waals surface area contributed by atoms with Crippen LogP contribution in [0.3, 0.4) is 0 Å². The second kappa shape index (κ2) is 6.07. The van der Waals surface area contributed by atoms with Gasteiger partial charge in [-0.1, -0.05) is 0 Å². The minimum absolute atomic E-state index is 0.313. The molecule has 126 valence electrons. The van der Waals surface area contributed by atoms with Crippen LogP contribution in [0.25, 0.3) is 0 Å². The molecule has 0 spiro atoms. The first-order valence-electron chi connectivity index (χ1n) is 6.65. The molecule has 0 amide bonds. The number of hydrogen-bond donors (Lipinski definition) is 6. The Morgan fingerprint density at radius 1 is 1.05 bits per heavy atom. The summed E-state index contributed by atoms with van der Waals surface area (Å²) in [5.74, 6) is -2.96. The highest BCUT2D eigenvalue weighted by Gasteiger charge is 2.59. The Kier molecular flexibility index (Phi) is 4.70. The molecule has 0 aromatic heterocycles. The molecule has 6 N–H and O–H groups in total. The number of aliphatic carboxylic acids is 2. The number of aliphatic hydroxyl groups excluding tert-OH is 4. The predicted molar refractivity (Wildman–Crippen MR) is 65.6 cm³/mol. The van der Waals surface area contributed by atoms with E-state index in [9.17, 15) is 24.9 Å². The first-order valence-corrected chi connectivity index (χ1v) is 6.65. The Labute approximate surface area is 124 Å². The van der Waals surface area contributed by atoms with Gasteiger partial charge in [0, 0.05) is 12.8 Å². The fraction of sp³-hybridized carbons (Fsp3) is 0.833. The summed E-state index contributed by atoms with van der Waals surface area (Å²) in [5.41, 5.74) is -1.93. The molecule has 1 unspecified atom stereocenters. The van der Waals surface area contributed by atoms with Gasteiger partial charge in [-0.3, -0.25) is 9.59 Å². The topological polar surface area (TPSA) is 174 Å². The van der Waals surface area contributed by atoms with Gasteiger partial charge in [-0.2, -0.15) is 0 Å². The van der Waals surface area contributed by atoms with Crippen LogP contribution in [0.4, 0.5) is 0 Å². The van der Waals surface area contributed by atoms with Crippen molar-refractivity contribution >= 4 is 11.9 Å². The minimum atomic E-state index is -1.93. The average Bonchev–Trinajstić information content (AvgIpc) is 2.41. The van der Waals surface area contributed by atoms with Gasteiger partial charge >= 0.3 is 11.9 Å². The van der Waals surface area contributed by atoms with Crippen LogP contribution in [0.2, 0.25) is 0 Å². The Hall–Kier alpha value is -1.30. The lowest BCUT2D eigenvalue weighted by Crippen LogP contribution is -2.61. The smallest absolute Gasteiger partial charge is 0.321 e. The van der Waals surface area contributed by atoms with Crippen LogP contribution in [-0.4, -0.2) is 86.0 Å². The summed E-state index contributed by atoms with van der Waals surface area (Å²) in [6.45, 7) is -0.621. The molecule has 0 aromatic carbocycles. The molecule has 5 atom stereocenters. The molecule has 22 heavy (non-hydrogen) atoms. The van der Waals surface area contributed by atoms with Crippen molar-refractivity contribution in [3.63, 3.8) is 0 Å². The van der Waals surface area contributed by atoms with Crippen LogP contribution in [0.1, 0.15) is 12.8 Å². The fourth-order valence-electron chi connectivity index (χ4n) is 2.62. The Balaban J connectivity index is 1.98. The quantitative estimate of drug-likeness (QED) is 0.288. The summed E-state index contributed by atoms with van der Waals surface area (Å²) in [4.78, 5) is 22.0. The third kappa shape index (κ3) is 2.69. The molecule has 2 aliphatic rings. The van der Waals surface area contributed by atoms with Crippen LogP contribution in [0, 0.1) is 5.41 Å². The van der Waals surface area contributed by atoms with E-state index in [1.54, 1.807) is 0 Å². The molecule has 2 fully saturated rings. The summed E-state index contributed by atoms with van der Waals surface area (Å²) >= 11 is 0. The third-order valence-electron chi connectivity index (χ3n) is 4.15. The number of hydrogen-bond acceptors (Lipinski definition) is 8. The van der Waals surface area contributed by atoms with Gasteiger partial charge in [-0.15, -0.1) is 0 Å². The molecule has 2 rings (SSSR count). The molecule has 1 aliphatic carbocycles. The lowest BCUT2D eigenvalue weighted by atomic mass is 9.66. The van der Waals surface area contributed by atoms with Crippen LogP contribution in [-0.2, 0) is 19.1 Å². The maximum Gasteiger partial charge on any atom is 0.321 e. The highest BCUT2D eigenvalue weighted by molar-refractivity contribution is 5.99.